The van der Waals surface area contributed by atoms with Crippen molar-refractivity contribution < 1.29 is 9.18 Å². The van der Waals surface area contributed by atoms with Crippen LogP contribution in [0, 0.1) is 18.7 Å². The van der Waals surface area contributed by atoms with Gasteiger partial charge in [0.2, 0.25) is 0 Å². The van der Waals surface area contributed by atoms with E-state index in [1.807, 2.05) is 46.7 Å². The molecule has 1 saturated heterocycles. The maximum Gasteiger partial charge on any atom is 0.276 e. The van der Waals surface area contributed by atoms with Gasteiger partial charge in [0.15, 0.2) is 5.69 Å². The van der Waals surface area contributed by atoms with Crippen LogP contribution in [0.2, 0.25) is 0 Å². The van der Waals surface area contributed by atoms with Crippen LogP contribution in [0.1, 0.15) is 34.1 Å². The van der Waals surface area contributed by atoms with E-state index in [-0.39, 0.29) is 34.8 Å². The molecule has 2 aliphatic heterocycles. The molecule has 0 radical (unpaired) electrons. The second-order valence-electron chi connectivity index (χ2n) is 9.45. The molecule has 1 fully saturated rings. The molecule has 8 heteroatoms. The summed E-state index contributed by atoms with van der Waals surface area (Å²) in [5, 5.41) is 8.62. The van der Waals surface area contributed by atoms with Crippen molar-refractivity contribution in [2.75, 3.05) is 13.1 Å². The molecule has 6 rings (SSSR count). The zero-order chi connectivity index (χ0) is 24.1. The Morgan fingerprint density at radius 2 is 1.74 bits per heavy atom. The number of hydrogen-bond donors (Lipinski definition) is 0. The Bertz CT molecular complexity index is 1470. The molecule has 0 spiro atoms. The Morgan fingerprint density at radius 3 is 2.51 bits per heavy atom. The molecule has 35 heavy (non-hydrogen) atoms. The van der Waals surface area contributed by atoms with Gasteiger partial charge in [-0.15, -0.1) is 5.10 Å². The van der Waals surface area contributed by atoms with Gasteiger partial charge in [-0.2, -0.15) is 0 Å². The summed E-state index contributed by atoms with van der Waals surface area (Å²) in [5.74, 6) is -0.216. The summed E-state index contributed by atoms with van der Waals surface area (Å²) in [6, 6.07) is 19.2. The van der Waals surface area contributed by atoms with Gasteiger partial charge in [-0.05, 0) is 49.6 Å². The summed E-state index contributed by atoms with van der Waals surface area (Å²) in [7, 11) is 0. The number of nitrogens with zero attached hydrogens (tertiary/aromatic N) is 5. The lowest BCUT2D eigenvalue weighted by Crippen LogP contribution is -2.49. The summed E-state index contributed by atoms with van der Waals surface area (Å²) >= 11 is 0. The largest absolute Gasteiger partial charge is 0.336 e. The molecule has 7 nitrogen and oxygen atoms in total. The highest BCUT2D eigenvalue weighted by Crippen LogP contribution is 2.36. The number of benzene rings is 2. The van der Waals surface area contributed by atoms with Crippen molar-refractivity contribution in [1.82, 2.24) is 24.5 Å². The molecule has 176 valence electrons. The summed E-state index contributed by atoms with van der Waals surface area (Å²) in [5.41, 5.74) is 4.37. The van der Waals surface area contributed by atoms with E-state index in [2.05, 4.69) is 10.3 Å². The Labute approximate surface area is 201 Å². The first-order valence-corrected chi connectivity index (χ1v) is 11.8. The number of aromatic nitrogens is 4. The lowest BCUT2D eigenvalue weighted by atomic mass is 9.83. The number of carbonyl (C=O) groups excluding carboxylic acids is 1. The van der Waals surface area contributed by atoms with E-state index < -0.39 is 0 Å². The lowest BCUT2D eigenvalue weighted by molar-refractivity contribution is 0.0589. The SMILES string of the molecule is Cc1ccc(-c2c(C(=O)N3C[C@@H]4C[C@@H](C3)c3cccc(=O)n3C4)nnn2-c2ccc(F)cc2)cc1. The van der Waals surface area contributed by atoms with E-state index in [4.69, 9.17) is 0 Å². The Hall–Kier alpha value is -4.07. The molecule has 2 bridgehead atoms. The molecule has 2 aromatic heterocycles. The van der Waals surface area contributed by atoms with E-state index >= 15 is 0 Å². The zero-order valence-corrected chi connectivity index (χ0v) is 19.3. The van der Waals surface area contributed by atoms with E-state index in [0.29, 0.717) is 31.0 Å². The number of fused-ring (bicyclic) bond motifs is 4. The summed E-state index contributed by atoms with van der Waals surface area (Å²) < 4.78 is 17.0. The van der Waals surface area contributed by atoms with Crippen LogP contribution in [0.25, 0.3) is 16.9 Å². The van der Waals surface area contributed by atoms with Gasteiger partial charge >= 0.3 is 0 Å². The first kappa shape index (κ1) is 21.5. The minimum absolute atomic E-state index is 0.0147. The average Bonchev–Trinajstić information content (AvgIpc) is 3.30. The van der Waals surface area contributed by atoms with Crippen molar-refractivity contribution >= 4 is 5.91 Å². The molecule has 2 aromatic carbocycles. The standard InChI is InChI=1S/C27H24FN5O2/c1-17-5-7-19(8-6-17)26-25(29-30-33(26)22-11-9-21(28)10-12-22)27(35)31-14-18-13-20(16-31)23-3-2-4-24(34)32(23)15-18/h2-12,18,20H,13-16H2,1H3/t18-,20-/m0/s1. The van der Waals surface area contributed by atoms with Crippen LogP contribution in [-0.2, 0) is 6.54 Å². The van der Waals surface area contributed by atoms with E-state index in [1.54, 1.807) is 28.9 Å². The monoisotopic (exact) mass is 469 g/mol. The molecule has 0 unspecified atom stereocenters. The minimum atomic E-state index is -0.346. The fourth-order valence-electron chi connectivity index (χ4n) is 5.37. The van der Waals surface area contributed by atoms with Gasteiger partial charge in [0.05, 0.1) is 5.69 Å². The first-order valence-electron chi connectivity index (χ1n) is 11.8. The Kier molecular flexibility index (Phi) is 5.09. The number of likely N-dealkylation sites (tertiary alicyclic amines) is 1. The van der Waals surface area contributed by atoms with Gasteiger partial charge in [0, 0.05) is 42.9 Å². The van der Waals surface area contributed by atoms with E-state index in [1.165, 1.54) is 12.1 Å². The third-order valence-corrected chi connectivity index (χ3v) is 7.04. The third-order valence-electron chi connectivity index (χ3n) is 7.04. The molecule has 2 aliphatic rings. The van der Waals surface area contributed by atoms with Crippen LogP contribution >= 0.6 is 0 Å². The van der Waals surface area contributed by atoms with Crippen LogP contribution < -0.4 is 5.56 Å². The quantitative estimate of drug-likeness (QED) is 0.458. The van der Waals surface area contributed by atoms with Gasteiger partial charge in [0.25, 0.3) is 11.5 Å². The van der Waals surface area contributed by atoms with Crippen molar-refractivity contribution in [2.45, 2.75) is 25.8 Å². The minimum Gasteiger partial charge on any atom is -0.336 e. The molecule has 0 aliphatic carbocycles. The predicted octanol–water partition coefficient (Wildman–Crippen LogP) is 3.80. The van der Waals surface area contributed by atoms with Crippen LogP contribution in [0.3, 0.4) is 0 Å². The van der Waals surface area contributed by atoms with Gasteiger partial charge < -0.3 is 9.47 Å². The number of carbonyl (C=O) groups is 1. The molecule has 0 saturated carbocycles. The second kappa shape index (κ2) is 8.30. The lowest BCUT2D eigenvalue weighted by Gasteiger charge is -2.42. The van der Waals surface area contributed by atoms with Crippen LogP contribution in [0.15, 0.2) is 71.5 Å². The number of hydrogen-bond acceptors (Lipinski definition) is 4. The second-order valence-corrected chi connectivity index (χ2v) is 9.45. The maximum absolute atomic E-state index is 13.9. The number of rotatable bonds is 3. The average molecular weight is 470 g/mol. The topological polar surface area (TPSA) is 73.0 Å². The Balaban J connectivity index is 1.40. The highest BCUT2D eigenvalue weighted by atomic mass is 19.1. The van der Waals surface area contributed by atoms with E-state index in [9.17, 15) is 14.0 Å². The highest BCUT2D eigenvalue weighted by Gasteiger charge is 2.38. The molecule has 2 atom stereocenters. The van der Waals surface area contributed by atoms with Gasteiger partial charge in [-0.3, -0.25) is 9.59 Å². The van der Waals surface area contributed by atoms with Crippen LogP contribution in [0.5, 0.6) is 0 Å². The number of halogens is 1. The first-order chi connectivity index (χ1) is 17.0. The van der Waals surface area contributed by atoms with Crippen molar-refractivity contribution in [2.24, 2.45) is 5.92 Å². The van der Waals surface area contributed by atoms with Crippen molar-refractivity contribution in [3.63, 3.8) is 0 Å². The smallest absolute Gasteiger partial charge is 0.276 e. The summed E-state index contributed by atoms with van der Waals surface area (Å²) in [4.78, 5) is 28.0. The molecular weight excluding hydrogens is 445 g/mol. The van der Waals surface area contributed by atoms with Crippen molar-refractivity contribution in [3.05, 3.63) is 99.9 Å². The molecule has 4 aromatic rings. The Morgan fingerprint density at radius 1 is 0.971 bits per heavy atom. The number of amides is 1. The predicted molar refractivity (Wildman–Crippen MR) is 129 cm³/mol. The summed E-state index contributed by atoms with van der Waals surface area (Å²) in [6.45, 7) is 3.70. The van der Waals surface area contributed by atoms with Crippen LogP contribution in [-0.4, -0.2) is 43.5 Å². The highest BCUT2D eigenvalue weighted by molar-refractivity contribution is 5.98. The molecule has 1 amide bonds. The molecule has 0 N–H and O–H groups in total. The van der Waals surface area contributed by atoms with E-state index in [0.717, 1.165) is 23.2 Å². The molecule has 4 heterocycles. The van der Waals surface area contributed by atoms with Gasteiger partial charge in [0.1, 0.15) is 11.5 Å². The maximum atomic E-state index is 13.9. The van der Waals surface area contributed by atoms with Crippen molar-refractivity contribution in [3.8, 4) is 16.9 Å². The fraction of sp³-hybridized carbons (Fsp3) is 0.259. The number of piperidine rings is 1. The third kappa shape index (κ3) is 3.75. The number of aryl methyl sites for hydroxylation is 1. The number of pyridine rings is 1. The fourth-order valence-corrected chi connectivity index (χ4v) is 5.37. The normalized spacial score (nSPS) is 18.9. The van der Waals surface area contributed by atoms with Crippen LogP contribution in [0.4, 0.5) is 4.39 Å². The van der Waals surface area contributed by atoms with Crippen molar-refractivity contribution in [1.29, 1.82) is 0 Å². The molecular formula is C27H24FN5O2. The zero-order valence-electron chi connectivity index (χ0n) is 19.3. The summed E-state index contributed by atoms with van der Waals surface area (Å²) in [6.07, 6.45) is 0.959. The van der Waals surface area contributed by atoms with Gasteiger partial charge in [-0.25, -0.2) is 9.07 Å². The van der Waals surface area contributed by atoms with Gasteiger partial charge in [-0.1, -0.05) is 41.1 Å².